The number of hydrogen-bond donors (Lipinski definition) is 2. The SMILES string of the molecule is Cc1ccnc(N[C@@H](c2cccc(F)c2)c2cc(C)sc2NC(=O)c2ccccc2)c1. The Labute approximate surface area is 184 Å². The van der Waals surface area contributed by atoms with E-state index < -0.39 is 0 Å². The number of halogens is 1. The van der Waals surface area contributed by atoms with Crippen molar-refractivity contribution < 1.29 is 9.18 Å². The lowest BCUT2D eigenvalue weighted by Gasteiger charge is -2.21. The van der Waals surface area contributed by atoms with E-state index in [0.717, 1.165) is 26.6 Å². The van der Waals surface area contributed by atoms with Gasteiger partial charge in [-0.25, -0.2) is 9.37 Å². The van der Waals surface area contributed by atoms with Gasteiger partial charge >= 0.3 is 0 Å². The molecular formula is C25H22FN3OS. The average molecular weight is 432 g/mol. The van der Waals surface area contributed by atoms with Gasteiger partial charge < -0.3 is 10.6 Å². The quantitative estimate of drug-likeness (QED) is 0.374. The summed E-state index contributed by atoms with van der Waals surface area (Å²) in [5, 5.41) is 7.18. The van der Waals surface area contributed by atoms with Crippen LogP contribution in [0.25, 0.3) is 0 Å². The standard InChI is InChI=1S/C25H22FN3OS/c1-16-11-12-27-22(13-16)28-23(19-9-6-10-20(26)15-19)21-14-17(2)31-25(21)29-24(30)18-7-4-3-5-8-18/h3-15,23H,1-2H3,(H,27,28)(H,29,30)/t23-/m0/s1. The number of aryl methyl sites for hydroxylation is 2. The Morgan fingerprint density at radius 3 is 2.55 bits per heavy atom. The fourth-order valence-electron chi connectivity index (χ4n) is 3.40. The van der Waals surface area contributed by atoms with E-state index in [-0.39, 0.29) is 17.8 Å². The smallest absolute Gasteiger partial charge is 0.256 e. The van der Waals surface area contributed by atoms with E-state index in [2.05, 4.69) is 15.6 Å². The summed E-state index contributed by atoms with van der Waals surface area (Å²) >= 11 is 1.49. The van der Waals surface area contributed by atoms with Crippen LogP contribution in [0.3, 0.4) is 0 Å². The molecule has 0 bridgehead atoms. The van der Waals surface area contributed by atoms with Crippen molar-refractivity contribution >= 4 is 28.1 Å². The molecule has 2 N–H and O–H groups in total. The minimum atomic E-state index is -0.388. The molecule has 2 aromatic carbocycles. The first-order valence-electron chi connectivity index (χ1n) is 9.91. The Kier molecular flexibility index (Phi) is 6.09. The van der Waals surface area contributed by atoms with Crippen molar-refractivity contribution in [2.45, 2.75) is 19.9 Å². The molecule has 0 spiro atoms. The number of anilines is 2. The van der Waals surface area contributed by atoms with Gasteiger partial charge in [0.1, 0.15) is 16.6 Å². The van der Waals surface area contributed by atoms with E-state index in [9.17, 15) is 9.18 Å². The van der Waals surface area contributed by atoms with E-state index in [0.29, 0.717) is 11.4 Å². The molecule has 4 nitrogen and oxygen atoms in total. The zero-order valence-corrected chi connectivity index (χ0v) is 18.0. The summed E-state index contributed by atoms with van der Waals surface area (Å²) in [5.74, 6) is 0.178. The zero-order valence-electron chi connectivity index (χ0n) is 17.2. The van der Waals surface area contributed by atoms with Crippen LogP contribution in [-0.2, 0) is 0 Å². The third kappa shape index (κ3) is 4.98. The fraction of sp³-hybridized carbons (Fsp3) is 0.120. The summed E-state index contributed by atoms with van der Waals surface area (Å²) in [6.45, 7) is 3.98. The molecule has 0 aliphatic heterocycles. The van der Waals surface area contributed by atoms with Gasteiger partial charge in [0, 0.05) is 22.2 Å². The maximum absolute atomic E-state index is 14.1. The highest BCUT2D eigenvalue weighted by molar-refractivity contribution is 7.16. The monoisotopic (exact) mass is 431 g/mol. The molecule has 4 aromatic rings. The van der Waals surface area contributed by atoms with Crippen molar-refractivity contribution in [3.63, 3.8) is 0 Å². The van der Waals surface area contributed by atoms with Crippen LogP contribution in [-0.4, -0.2) is 10.9 Å². The van der Waals surface area contributed by atoms with Gasteiger partial charge in [-0.15, -0.1) is 11.3 Å². The highest BCUT2D eigenvalue weighted by Crippen LogP contribution is 2.37. The number of nitrogens with one attached hydrogen (secondary N) is 2. The van der Waals surface area contributed by atoms with Gasteiger partial charge in [-0.2, -0.15) is 0 Å². The number of amides is 1. The second-order valence-electron chi connectivity index (χ2n) is 7.31. The lowest BCUT2D eigenvalue weighted by Crippen LogP contribution is -2.17. The van der Waals surface area contributed by atoms with Crippen LogP contribution in [0.4, 0.5) is 15.2 Å². The first-order valence-corrected chi connectivity index (χ1v) is 10.7. The molecule has 6 heteroatoms. The van der Waals surface area contributed by atoms with Crippen molar-refractivity contribution in [1.82, 2.24) is 4.98 Å². The largest absolute Gasteiger partial charge is 0.359 e. The van der Waals surface area contributed by atoms with E-state index in [1.807, 2.05) is 56.3 Å². The van der Waals surface area contributed by atoms with Crippen molar-refractivity contribution in [2.24, 2.45) is 0 Å². The molecule has 156 valence electrons. The molecule has 0 radical (unpaired) electrons. The summed E-state index contributed by atoms with van der Waals surface area (Å²) < 4.78 is 14.1. The molecule has 31 heavy (non-hydrogen) atoms. The molecular weight excluding hydrogens is 409 g/mol. The van der Waals surface area contributed by atoms with Gasteiger partial charge in [0.2, 0.25) is 0 Å². The highest BCUT2D eigenvalue weighted by Gasteiger charge is 2.22. The Bertz CT molecular complexity index is 1210. The van der Waals surface area contributed by atoms with E-state index in [4.69, 9.17) is 0 Å². The summed E-state index contributed by atoms with van der Waals surface area (Å²) in [5.41, 5.74) is 3.25. The van der Waals surface area contributed by atoms with Crippen molar-refractivity contribution in [3.05, 3.63) is 112 Å². The van der Waals surface area contributed by atoms with Gasteiger partial charge in [0.25, 0.3) is 5.91 Å². The maximum atomic E-state index is 14.1. The normalized spacial score (nSPS) is 11.7. The predicted octanol–water partition coefficient (Wildman–Crippen LogP) is 6.35. The van der Waals surface area contributed by atoms with Gasteiger partial charge in [0.15, 0.2) is 0 Å². The van der Waals surface area contributed by atoms with Crippen molar-refractivity contribution in [3.8, 4) is 0 Å². The van der Waals surface area contributed by atoms with Crippen LogP contribution in [0.15, 0.2) is 79.0 Å². The Morgan fingerprint density at radius 1 is 1.00 bits per heavy atom. The van der Waals surface area contributed by atoms with Gasteiger partial charge in [0.05, 0.1) is 6.04 Å². The number of aromatic nitrogens is 1. The topological polar surface area (TPSA) is 54.0 Å². The molecule has 0 aliphatic rings. The van der Waals surface area contributed by atoms with Gasteiger partial charge in [-0.3, -0.25) is 4.79 Å². The van der Waals surface area contributed by atoms with Gasteiger partial charge in [-0.05, 0) is 67.4 Å². The van der Waals surface area contributed by atoms with Crippen molar-refractivity contribution in [1.29, 1.82) is 0 Å². The van der Waals surface area contributed by atoms with E-state index in [1.54, 1.807) is 24.4 Å². The average Bonchev–Trinajstić information content (AvgIpc) is 3.12. The molecule has 0 saturated carbocycles. The number of hydrogen-bond acceptors (Lipinski definition) is 4. The molecule has 1 atom stereocenters. The maximum Gasteiger partial charge on any atom is 0.256 e. The Hall–Kier alpha value is -3.51. The lowest BCUT2D eigenvalue weighted by atomic mass is 9.99. The third-order valence-electron chi connectivity index (χ3n) is 4.85. The summed E-state index contributed by atoms with van der Waals surface area (Å²) in [6, 6.07) is 21.0. The fourth-order valence-corrected chi connectivity index (χ4v) is 4.35. The third-order valence-corrected chi connectivity index (χ3v) is 5.83. The molecule has 0 fully saturated rings. The van der Waals surface area contributed by atoms with Crippen molar-refractivity contribution in [2.75, 3.05) is 10.6 Å². The van der Waals surface area contributed by atoms with Crippen LogP contribution in [0.1, 0.15) is 38.0 Å². The first kappa shape index (κ1) is 20.8. The number of nitrogens with zero attached hydrogens (tertiary/aromatic N) is 1. The number of thiophene rings is 1. The molecule has 0 aliphatic carbocycles. The number of carbonyl (C=O) groups is 1. The molecule has 1 amide bonds. The molecule has 0 unspecified atom stereocenters. The second kappa shape index (κ2) is 9.10. The molecule has 0 saturated heterocycles. The van der Waals surface area contributed by atoms with Crippen LogP contribution in [0, 0.1) is 19.7 Å². The molecule has 4 rings (SSSR count). The van der Waals surface area contributed by atoms with Gasteiger partial charge in [-0.1, -0.05) is 30.3 Å². The Morgan fingerprint density at radius 2 is 1.81 bits per heavy atom. The molecule has 2 heterocycles. The summed E-state index contributed by atoms with van der Waals surface area (Å²) in [7, 11) is 0. The minimum absolute atomic E-state index is 0.185. The highest BCUT2D eigenvalue weighted by atomic mass is 32.1. The minimum Gasteiger partial charge on any atom is -0.359 e. The predicted molar refractivity (Wildman–Crippen MR) is 124 cm³/mol. The van der Waals surface area contributed by atoms with Crippen LogP contribution >= 0.6 is 11.3 Å². The number of carbonyl (C=O) groups excluding carboxylic acids is 1. The number of benzene rings is 2. The van der Waals surface area contributed by atoms with Crippen LogP contribution in [0.2, 0.25) is 0 Å². The van der Waals surface area contributed by atoms with E-state index >= 15 is 0 Å². The summed E-state index contributed by atoms with van der Waals surface area (Å²) in [4.78, 5) is 18.2. The number of pyridine rings is 1. The molecule has 2 aromatic heterocycles. The van der Waals surface area contributed by atoms with Crippen LogP contribution in [0.5, 0.6) is 0 Å². The zero-order chi connectivity index (χ0) is 21.8. The second-order valence-corrected chi connectivity index (χ2v) is 8.57. The first-order chi connectivity index (χ1) is 15.0. The van der Waals surface area contributed by atoms with Crippen LogP contribution < -0.4 is 10.6 Å². The van der Waals surface area contributed by atoms with E-state index in [1.165, 1.54) is 23.5 Å². The number of rotatable bonds is 6. The summed E-state index contributed by atoms with van der Waals surface area (Å²) in [6.07, 6.45) is 1.73. The Balaban J connectivity index is 1.73. The lowest BCUT2D eigenvalue weighted by molar-refractivity contribution is 0.102.